The quantitative estimate of drug-likeness (QED) is 0.235. The Morgan fingerprint density at radius 1 is 1.67 bits per heavy atom. The van der Waals surface area contributed by atoms with E-state index in [2.05, 4.69) is 21.5 Å². The van der Waals surface area contributed by atoms with Crippen molar-refractivity contribution in [3.63, 3.8) is 0 Å². The van der Waals surface area contributed by atoms with Gasteiger partial charge in [-0.1, -0.05) is 11.2 Å². The predicted octanol–water partition coefficient (Wildman–Crippen LogP) is 3.54. The van der Waals surface area contributed by atoms with Crippen molar-refractivity contribution in [3.05, 3.63) is 28.0 Å². The molecule has 0 aromatic carbocycles. The maximum Gasteiger partial charge on any atom is 0.0598 e. The van der Waals surface area contributed by atoms with E-state index in [1.165, 1.54) is 4.21 Å². The Morgan fingerprint density at radius 3 is 3.25 bits per heavy atom. The van der Waals surface area contributed by atoms with Gasteiger partial charge in [0.2, 0.25) is 0 Å². The van der Waals surface area contributed by atoms with Crippen LogP contribution < -0.4 is 0 Å². The maximum absolute atomic E-state index is 8.00. The van der Waals surface area contributed by atoms with Gasteiger partial charge in [-0.3, -0.25) is 0 Å². The van der Waals surface area contributed by atoms with Crippen LogP contribution in [0.3, 0.4) is 0 Å². The molecule has 0 aliphatic carbocycles. The fourth-order valence-corrected chi connectivity index (χ4v) is 2.48. The van der Waals surface area contributed by atoms with Gasteiger partial charge in [0.25, 0.3) is 0 Å². The second kappa shape index (κ2) is 5.94. The normalized spacial score (nSPS) is 9.33. The lowest BCUT2D eigenvalue weighted by Crippen LogP contribution is -1.81. The summed E-state index contributed by atoms with van der Waals surface area (Å²) in [5.74, 6) is 1.03. The lowest BCUT2D eigenvalue weighted by Gasteiger charge is -1.93. The second-order valence-corrected chi connectivity index (χ2v) is 4.43. The van der Waals surface area contributed by atoms with Gasteiger partial charge >= 0.3 is 0 Å². The first kappa shape index (κ1) is 9.45. The van der Waals surface area contributed by atoms with Crippen molar-refractivity contribution in [2.75, 3.05) is 12.3 Å². The fraction of sp³-hybridized carbons (Fsp3) is 0.429. The summed E-state index contributed by atoms with van der Waals surface area (Å²) in [7, 11) is 0. The highest BCUT2D eigenvalue weighted by molar-refractivity contribution is 8.01. The Hall–Kier alpha value is -0.640. The molecule has 1 heterocycles. The Bertz CT molecular complexity index is 252. The molecule has 0 bridgehead atoms. The Kier molecular flexibility index (Phi) is 4.68. The minimum Gasteiger partial charge on any atom is -0.137 e. The lowest BCUT2D eigenvalue weighted by atomic mass is 10.5. The van der Waals surface area contributed by atoms with E-state index in [0.29, 0.717) is 6.54 Å². The molecule has 0 unspecified atom stereocenters. The van der Waals surface area contributed by atoms with Crippen LogP contribution in [0.4, 0.5) is 0 Å². The summed E-state index contributed by atoms with van der Waals surface area (Å²) >= 11 is 3.56. The molecule has 0 N–H and O–H groups in total. The number of hydrogen-bond acceptors (Lipinski definition) is 3. The molecular formula is C7H9N3S2. The van der Waals surface area contributed by atoms with Crippen LogP contribution in [0.2, 0.25) is 0 Å². The molecule has 1 aromatic heterocycles. The summed E-state index contributed by atoms with van der Waals surface area (Å²) in [5, 5.41) is 5.53. The highest BCUT2D eigenvalue weighted by atomic mass is 32.2. The summed E-state index contributed by atoms with van der Waals surface area (Å²) in [5.41, 5.74) is 8.00. The smallest absolute Gasteiger partial charge is 0.0598 e. The molecule has 0 atom stereocenters. The first-order chi connectivity index (χ1) is 5.93. The van der Waals surface area contributed by atoms with Crippen LogP contribution >= 0.6 is 23.1 Å². The third-order valence-corrected chi connectivity index (χ3v) is 3.42. The molecule has 0 aliphatic heterocycles. The predicted molar refractivity (Wildman–Crippen MR) is 53.7 cm³/mol. The van der Waals surface area contributed by atoms with Crippen molar-refractivity contribution < 1.29 is 0 Å². The van der Waals surface area contributed by atoms with Crippen LogP contribution in [0.5, 0.6) is 0 Å². The van der Waals surface area contributed by atoms with Crippen LogP contribution in [0.1, 0.15) is 6.42 Å². The van der Waals surface area contributed by atoms with Gasteiger partial charge < -0.3 is 0 Å². The van der Waals surface area contributed by atoms with Gasteiger partial charge in [0, 0.05) is 11.5 Å². The third-order valence-electron chi connectivity index (χ3n) is 1.21. The number of azide groups is 1. The molecule has 0 aliphatic rings. The molecule has 64 valence electrons. The van der Waals surface area contributed by atoms with Crippen LogP contribution in [0.25, 0.3) is 10.4 Å². The molecule has 1 rings (SSSR count). The van der Waals surface area contributed by atoms with Crippen molar-refractivity contribution in [2.24, 2.45) is 5.11 Å². The zero-order valence-electron chi connectivity index (χ0n) is 6.51. The Labute approximate surface area is 79.4 Å². The molecule has 0 saturated carbocycles. The zero-order valence-corrected chi connectivity index (χ0v) is 8.14. The van der Waals surface area contributed by atoms with Gasteiger partial charge in [0.1, 0.15) is 0 Å². The van der Waals surface area contributed by atoms with Crippen LogP contribution in [-0.4, -0.2) is 12.3 Å². The van der Waals surface area contributed by atoms with E-state index in [1.54, 1.807) is 11.3 Å². The minimum absolute atomic E-state index is 0.606. The van der Waals surface area contributed by atoms with E-state index < -0.39 is 0 Å². The van der Waals surface area contributed by atoms with Crippen LogP contribution in [0, 0.1) is 0 Å². The summed E-state index contributed by atoms with van der Waals surface area (Å²) in [6, 6.07) is 4.14. The largest absolute Gasteiger partial charge is 0.137 e. The number of hydrogen-bond donors (Lipinski definition) is 0. The highest BCUT2D eigenvalue weighted by Crippen LogP contribution is 2.23. The molecule has 3 nitrogen and oxygen atoms in total. The summed E-state index contributed by atoms with van der Waals surface area (Å²) in [6.07, 6.45) is 0.951. The zero-order chi connectivity index (χ0) is 8.65. The molecule has 0 radical (unpaired) electrons. The van der Waals surface area contributed by atoms with Crippen molar-refractivity contribution in [2.45, 2.75) is 10.6 Å². The molecule has 0 amide bonds. The molecule has 0 spiro atoms. The van der Waals surface area contributed by atoms with E-state index in [0.717, 1.165) is 12.2 Å². The van der Waals surface area contributed by atoms with Crippen LogP contribution in [-0.2, 0) is 0 Å². The van der Waals surface area contributed by atoms with Gasteiger partial charge in [-0.05, 0) is 29.2 Å². The third kappa shape index (κ3) is 3.67. The van der Waals surface area contributed by atoms with Gasteiger partial charge in [-0.2, -0.15) is 0 Å². The van der Waals surface area contributed by atoms with Crippen molar-refractivity contribution in [3.8, 4) is 0 Å². The van der Waals surface area contributed by atoms with Gasteiger partial charge in [-0.15, -0.1) is 23.1 Å². The summed E-state index contributed by atoms with van der Waals surface area (Å²) in [4.78, 5) is 2.69. The number of nitrogens with zero attached hydrogens (tertiary/aromatic N) is 3. The molecule has 0 fully saturated rings. The second-order valence-electron chi connectivity index (χ2n) is 2.09. The van der Waals surface area contributed by atoms with Gasteiger partial charge in [-0.25, -0.2) is 0 Å². The molecular weight excluding hydrogens is 190 g/mol. The molecule has 0 saturated heterocycles. The Morgan fingerprint density at radius 2 is 2.58 bits per heavy atom. The van der Waals surface area contributed by atoms with E-state index in [4.69, 9.17) is 5.53 Å². The average Bonchev–Trinajstić information content (AvgIpc) is 2.57. The minimum atomic E-state index is 0.606. The van der Waals surface area contributed by atoms with Gasteiger partial charge in [0.15, 0.2) is 0 Å². The lowest BCUT2D eigenvalue weighted by molar-refractivity contribution is 0.932. The van der Waals surface area contributed by atoms with Crippen molar-refractivity contribution in [1.82, 2.24) is 0 Å². The molecule has 12 heavy (non-hydrogen) atoms. The summed E-state index contributed by atoms with van der Waals surface area (Å²) < 4.78 is 1.33. The average molecular weight is 199 g/mol. The highest BCUT2D eigenvalue weighted by Gasteiger charge is 1.92. The monoisotopic (exact) mass is 199 g/mol. The van der Waals surface area contributed by atoms with E-state index in [-0.39, 0.29) is 0 Å². The molecule has 5 heteroatoms. The Balaban J connectivity index is 2.07. The molecule has 1 aromatic rings. The van der Waals surface area contributed by atoms with Crippen molar-refractivity contribution >= 4 is 23.1 Å². The van der Waals surface area contributed by atoms with E-state index in [1.807, 2.05) is 17.8 Å². The number of rotatable bonds is 5. The standard InChI is InChI=1S/C7H9N3S2/c8-10-9-4-2-6-12-7-3-1-5-11-7/h1,3,5H,2,4,6H2. The van der Waals surface area contributed by atoms with Crippen LogP contribution in [0.15, 0.2) is 26.8 Å². The topological polar surface area (TPSA) is 48.8 Å². The van der Waals surface area contributed by atoms with Gasteiger partial charge in [0.05, 0.1) is 4.21 Å². The van der Waals surface area contributed by atoms with E-state index >= 15 is 0 Å². The summed E-state index contributed by atoms with van der Waals surface area (Å²) in [6.45, 7) is 0.606. The number of thioether (sulfide) groups is 1. The first-order valence-corrected chi connectivity index (χ1v) is 5.47. The fourth-order valence-electron chi connectivity index (χ4n) is 0.698. The number of thiophene rings is 1. The van der Waals surface area contributed by atoms with Crippen molar-refractivity contribution in [1.29, 1.82) is 0 Å². The van der Waals surface area contributed by atoms with E-state index in [9.17, 15) is 0 Å². The maximum atomic E-state index is 8.00. The SMILES string of the molecule is [N-]=[N+]=NCCCSc1cccs1. The first-order valence-electron chi connectivity index (χ1n) is 3.60.